The number of esters is 1. The van der Waals surface area contributed by atoms with Gasteiger partial charge < -0.3 is 20.2 Å². The minimum absolute atomic E-state index is 0.212. The molecule has 1 aromatic rings. The number of nitrogens with zero attached hydrogens (tertiary/aromatic N) is 2. The number of nitro groups is 1. The molecule has 7 nitrogen and oxygen atoms in total. The van der Waals surface area contributed by atoms with Crippen LogP contribution in [0.4, 0.5) is 11.5 Å². The van der Waals surface area contributed by atoms with Crippen molar-refractivity contribution in [1.82, 2.24) is 4.98 Å². The first-order valence-electron chi connectivity index (χ1n) is 5.89. The Morgan fingerprint density at radius 1 is 1.58 bits per heavy atom. The van der Waals surface area contributed by atoms with E-state index in [1.807, 2.05) is 13.8 Å². The van der Waals surface area contributed by atoms with Gasteiger partial charge in [-0.2, -0.15) is 0 Å². The highest BCUT2D eigenvalue weighted by atomic mass is 16.6. The Morgan fingerprint density at radius 3 is 2.79 bits per heavy atom. The van der Waals surface area contributed by atoms with Crippen LogP contribution >= 0.6 is 0 Å². The number of carbonyl (C=O) groups is 1. The van der Waals surface area contributed by atoms with E-state index >= 15 is 0 Å². The van der Waals surface area contributed by atoms with Gasteiger partial charge in [0.15, 0.2) is 0 Å². The van der Waals surface area contributed by atoms with Crippen LogP contribution in [0.3, 0.4) is 0 Å². The summed E-state index contributed by atoms with van der Waals surface area (Å²) in [6.07, 6.45) is 1.84. The summed E-state index contributed by atoms with van der Waals surface area (Å²) in [5.41, 5.74) is 0.212. The van der Waals surface area contributed by atoms with Gasteiger partial charge in [-0.05, 0) is 34.4 Å². The number of anilines is 1. The number of hydrogen-bond acceptors (Lipinski definition) is 6. The SMILES string of the molecule is COC(=O)C(CC(C)C)Nc1cccnc1[N+](=O)[O-]. The first-order chi connectivity index (χ1) is 8.95. The van der Waals surface area contributed by atoms with E-state index in [2.05, 4.69) is 10.3 Å². The molecular weight excluding hydrogens is 250 g/mol. The molecule has 0 aliphatic heterocycles. The summed E-state index contributed by atoms with van der Waals surface area (Å²) in [6.45, 7) is 3.91. The van der Waals surface area contributed by atoms with Crippen molar-refractivity contribution in [2.24, 2.45) is 5.92 Å². The topological polar surface area (TPSA) is 94.4 Å². The lowest BCUT2D eigenvalue weighted by molar-refractivity contribution is -0.388. The highest BCUT2D eigenvalue weighted by Gasteiger charge is 2.24. The maximum atomic E-state index is 11.7. The molecule has 1 aromatic heterocycles. The van der Waals surface area contributed by atoms with Crippen molar-refractivity contribution >= 4 is 17.5 Å². The average molecular weight is 267 g/mol. The molecule has 1 rings (SSSR count). The minimum atomic E-state index is -0.632. The zero-order valence-electron chi connectivity index (χ0n) is 11.1. The van der Waals surface area contributed by atoms with E-state index in [4.69, 9.17) is 4.74 Å². The van der Waals surface area contributed by atoms with Crippen molar-refractivity contribution < 1.29 is 14.5 Å². The number of nitrogens with one attached hydrogen (secondary N) is 1. The Hall–Kier alpha value is -2.18. The van der Waals surface area contributed by atoms with E-state index in [0.717, 1.165) is 0 Å². The van der Waals surface area contributed by atoms with Crippen molar-refractivity contribution in [2.45, 2.75) is 26.3 Å². The van der Waals surface area contributed by atoms with E-state index in [9.17, 15) is 14.9 Å². The Morgan fingerprint density at radius 2 is 2.26 bits per heavy atom. The number of carbonyl (C=O) groups excluding carboxylic acids is 1. The fourth-order valence-electron chi connectivity index (χ4n) is 1.67. The lowest BCUT2D eigenvalue weighted by Gasteiger charge is -2.18. The van der Waals surface area contributed by atoms with Crippen LogP contribution in [0.25, 0.3) is 0 Å². The van der Waals surface area contributed by atoms with Gasteiger partial charge in [-0.1, -0.05) is 13.8 Å². The van der Waals surface area contributed by atoms with Gasteiger partial charge in [-0.25, -0.2) is 4.79 Å². The zero-order valence-corrected chi connectivity index (χ0v) is 11.1. The van der Waals surface area contributed by atoms with Crippen molar-refractivity contribution in [1.29, 1.82) is 0 Å². The van der Waals surface area contributed by atoms with Gasteiger partial charge in [-0.3, -0.25) is 0 Å². The van der Waals surface area contributed by atoms with Gasteiger partial charge in [0, 0.05) is 0 Å². The molecule has 0 spiro atoms. The summed E-state index contributed by atoms with van der Waals surface area (Å²) in [6, 6.07) is 2.45. The lowest BCUT2D eigenvalue weighted by Crippen LogP contribution is -2.32. The minimum Gasteiger partial charge on any atom is -0.467 e. The molecule has 104 valence electrons. The van der Waals surface area contributed by atoms with Gasteiger partial charge in [0.25, 0.3) is 0 Å². The van der Waals surface area contributed by atoms with Gasteiger partial charge in [-0.15, -0.1) is 0 Å². The highest BCUT2D eigenvalue weighted by Crippen LogP contribution is 2.22. The van der Waals surface area contributed by atoms with Crippen molar-refractivity contribution in [3.63, 3.8) is 0 Å². The number of pyridine rings is 1. The monoisotopic (exact) mass is 267 g/mol. The molecule has 0 fully saturated rings. The largest absolute Gasteiger partial charge is 0.467 e. The van der Waals surface area contributed by atoms with Crippen molar-refractivity contribution in [3.05, 3.63) is 28.4 Å². The Labute approximate surface area is 111 Å². The second kappa shape index (κ2) is 6.67. The molecule has 0 saturated carbocycles. The number of rotatable bonds is 6. The molecule has 7 heteroatoms. The lowest BCUT2D eigenvalue weighted by atomic mass is 10.0. The maximum absolute atomic E-state index is 11.7. The van der Waals surface area contributed by atoms with Crippen LogP contribution in [-0.4, -0.2) is 29.0 Å². The maximum Gasteiger partial charge on any atom is 0.386 e. The molecule has 0 saturated heterocycles. The highest BCUT2D eigenvalue weighted by molar-refractivity contribution is 5.80. The molecule has 0 bridgehead atoms. The molecule has 0 aromatic carbocycles. The van der Waals surface area contributed by atoms with Crippen LogP contribution in [0, 0.1) is 16.0 Å². The Kier molecular flexibility index (Phi) is 5.23. The third kappa shape index (κ3) is 4.20. The molecule has 0 aliphatic rings. The fraction of sp³-hybridized carbons (Fsp3) is 0.500. The Balaban J connectivity index is 2.96. The summed E-state index contributed by atoms with van der Waals surface area (Å²) < 4.78 is 4.69. The third-order valence-corrected chi connectivity index (χ3v) is 2.48. The van der Waals surface area contributed by atoms with Gasteiger partial charge in [0.05, 0.1) is 7.11 Å². The van der Waals surface area contributed by atoms with Gasteiger partial charge in [0.1, 0.15) is 17.9 Å². The summed E-state index contributed by atoms with van der Waals surface area (Å²) in [4.78, 5) is 25.6. The van der Waals surface area contributed by atoms with Crippen LogP contribution in [0.15, 0.2) is 18.3 Å². The molecule has 1 unspecified atom stereocenters. The molecule has 1 heterocycles. The molecular formula is C12H17N3O4. The van der Waals surface area contributed by atoms with E-state index in [1.54, 1.807) is 6.07 Å². The number of ether oxygens (including phenoxy) is 1. The summed E-state index contributed by atoms with van der Waals surface area (Å²) in [5.74, 6) is -0.515. The first kappa shape index (κ1) is 14.9. The second-order valence-corrected chi connectivity index (χ2v) is 4.48. The van der Waals surface area contributed by atoms with Crippen LogP contribution < -0.4 is 5.32 Å². The van der Waals surface area contributed by atoms with E-state index in [1.165, 1.54) is 19.4 Å². The van der Waals surface area contributed by atoms with Crippen LogP contribution in [0.2, 0.25) is 0 Å². The molecule has 1 atom stereocenters. The molecule has 0 aliphatic carbocycles. The van der Waals surface area contributed by atoms with E-state index in [-0.39, 0.29) is 17.4 Å². The van der Waals surface area contributed by atoms with Crippen LogP contribution in [-0.2, 0) is 9.53 Å². The predicted molar refractivity (Wildman–Crippen MR) is 69.8 cm³/mol. The first-order valence-corrected chi connectivity index (χ1v) is 5.89. The molecule has 19 heavy (non-hydrogen) atoms. The van der Waals surface area contributed by atoms with Crippen molar-refractivity contribution in [2.75, 3.05) is 12.4 Å². The normalized spacial score (nSPS) is 12.0. The third-order valence-electron chi connectivity index (χ3n) is 2.48. The number of hydrogen-bond donors (Lipinski definition) is 1. The van der Waals surface area contributed by atoms with E-state index < -0.39 is 16.9 Å². The molecule has 1 N–H and O–H groups in total. The molecule has 0 amide bonds. The number of aromatic nitrogens is 1. The summed E-state index contributed by atoms with van der Waals surface area (Å²) in [5, 5.41) is 13.7. The standard InChI is InChI=1S/C12H17N3O4/c1-8(2)7-10(12(16)19-3)14-9-5-4-6-13-11(9)15(17)18/h4-6,8,10,14H,7H2,1-3H3. The van der Waals surface area contributed by atoms with Gasteiger partial charge >= 0.3 is 11.8 Å². The fourth-order valence-corrected chi connectivity index (χ4v) is 1.67. The summed E-state index contributed by atoms with van der Waals surface area (Å²) >= 11 is 0. The second-order valence-electron chi connectivity index (χ2n) is 4.48. The quantitative estimate of drug-likeness (QED) is 0.481. The average Bonchev–Trinajstić information content (AvgIpc) is 2.36. The zero-order chi connectivity index (χ0) is 14.4. The van der Waals surface area contributed by atoms with Crippen LogP contribution in [0.1, 0.15) is 20.3 Å². The predicted octanol–water partition coefficient (Wildman–Crippen LogP) is 1.99. The van der Waals surface area contributed by atoms with Crippen LogP contribution in [0.5, 0.6) is 0 Å². The smallest absolute Gasteiger partial charge is 0.386 e. The summed E-state index contributed by atoms with van der Waals surface area (Å²) in [7, 11) is 1.29. The van der Waals surface area contributed by atoms with Crippen molar-refractivity contribution in [3.8, 4) is 0 Å². The van der Waals surface area contributed by atoms with E-state index in [0.29, 0.717) is 6.42 Å². The van der Waals surface area contributed by atoms with Gasteiger partial charge in [0.2, 0.25) is 0 Å². The number of methoxy groups -OCH3 is 1. The molecule has 0 radical (unpaired) electrons. The Bertz CT molecular complexity index is 462.